The maximum absolute atomic E-state index is 8.95. The molecule has 4 heteroatoms. The average molecular weight is 280 g/mol. The lowest BCUT2D eigenvalue weighted by Crippen LogP contribution is -2.19. The summed E-state index contributed by atoms with van der Waals surface area (Å²) in [6.07, 6.45) is 0.966. The average Bonchev–Trinajstić information content (AvgIpc) is 2.87. The maximum Gasteiger partial charge on any atom is 0.129 e. The van der Waals surface area contributed by atoms with Crippen LogP contribution in [-0.2, 0) is 13.2 Å². The van der Waals surface area contributed by atoms with E-state index in [0.29, 0.717) is 12.3 Å². The normalized spacial score (nSPS) is 12.6. The molecule has 0 fully saturated rings. The summed E-state index contributed by atoms with van der Waals surface area (Å²) in [4.78, 5) is 0. The van der Waals surface area contributed by atoms with Gasteiger partial charge in [-0.1, -0.05) is 30.7 Å². The van der Waals surface area contributed by atoms with Gasteiger partial charge in [-0.2, -0.15) is 0 Å². The molecule has 0 aliphatic carbocycles. The summed E-state index contributed by atoms with van der Waals surface area (Å²) in [6, 6.07) is 11.8. The lowest BCUT2D eigenvalue weighted by molar-refractivity contribution is 0.242. The Labute approximate surface area is 118 Å². The number of furan rings is 1. The van der Waals surface area contributed by atoms with E-state index in [1.165, 1.54) is 5.56 Å². The van der Waals surface area contributed by atoms with Crippen molar-refractivity contribution in [2.24, 2.45) is 0 Å². The van der Waals surface area contributed by atoms with Gasteiger partial charge in [-0.25, -0.2) is 0 Å². The first-order valence-electron chi connectivity index (χ1n) is 6.40. The smallest absolute Gasteiger partial charge is 0.129 e. The third-order valence-electron chi connectivity index (χ3n) is 3.06. The highest BCUT2D eigenvalue weighted by molar-refractivity contribution is 6.30. The highest BCUT2D eigenvalue weighted by atomic mass is 35.5. The van der Waals surface area contributed by atoms with Gasteiger partial charge in [0.05, 0.1) is 6.54 Å². The second kappa shape index (κ2) is 6.75. The molecule has 2 rings (SSSR count). The standard InChI is InChI=1S/C15H18ClNO2/c1-2-15(11-4-3-5-12(16)8-11)17-9-13-6-7-14(10-18)19-13/h3-8,15,17-18H,2,9-10H2,1H3. The van der Waals surface area contributed by atoms with Crippen LogP contribution < -0.4 is 5.32 Å². The summed E-state index contributed by atoms with van der Waals surface area (Å²) < 4.78 is 5.45. The molecule has 102 valence electrons. The van der Waals surface area contributed by atoms with E-state index in [1.54, 1.807) is 6.07 Å². The number of hydrogen-bond acceptors (Lipinski definition) is 3. The fraction of sp³-hybridized carbons (Fsp3) is 0.333. The van der Waals surface area contributed by atoms with Gasteiger partial charge in [0.25, 0.3) is 0 Å². The lowest BCUT2D eigenvalue weighted by atomic mass is 10.0. The predicted molar refractivity (Wildman–Crippen MR) is 76.0 cm³/mol. The van der Waals surface area contributed by atoms with Crippen molar-refractivity contribution in [1.82, 2.24) is 5.32 Å². The van der Waals surface area contributed by atoms with Crippen molar-refractivity contribution in [2.75, 3.05) is 0 Å². The fourth-order valence-corrected chi connectivity index (χ4v) is 2.25. The summed E-state index contributed by atoms with van der Waals surface area (Å²) in [7, 11) is 0. The van der Waals surface area contributed by atoms with E-state index in [-0.39, 0.29) is 12.6 Å². The van der Waals surface area contributed by atoms with Crippen molar-refractivity contribution in [3.63, 3.8) is 0 Å². The number of halogens is 1. The SMILES string of the molecule is CCC(NCc1ccc(CO)o1)c1cccc(Cl)c1. The minimum Gasteiger partial charge on any atom is -0.462 e. The molecule has 0 amide bonds. The number of nitrogens with one attached hydrogen (secondary N) is 1. The zero-order valence-electron chi connectivity index (χ0n) is 10.9. The van der Waals surface area contributed by atoms with Crippen LogP contribution in [0.1, 0.15) is 36.5 Å². The zero-order valence-corrected chi connectivity index (χ0v) is 11.7. The Kier molecular flexibility index (Phi) is 5.02. The van der Waals surface area contributed by atoms with E-state index in [0.717, 1.165) is 17.2 Å². The van der Waals surface area contributed by atoms with E-state index in [2.05, 4.69) is 18.3 Å². The zero-order chi connectivity index (χ0) is 13.7. The molecular weight excluding hydrogens is 262 g/mol. The summed E-state index contributed by atoms with van der Waals surface area (Å²) in [5.41, 5.74) is 1.17. The quantitative estimate of drug-likeness (QED) is 0.848. The minimum absolute atomic E-state index is 0.0640. The molecule has 1 aromatic carbocycles. The van der Waals surface area contributed by atoms with Gasteiger partial charge in [0.1, 0.15) is 18.1 Å². The highest BCUT2D eigenvalue weighted by Crippen LogP contribution is 2.21. The Hall–Kier alpha value is -1.29. The van der Waals surface area contributed by atoms with Crippen LogP contribution in [0.2, 0.25) is 5.02 Å². The van der Waals surface area contributed by atoms with Crippen LogP contribution in [0.4, 0.5) is 0 Å². The van der Waals surface area contributed by atoms with Gasteiger partial charge in [-0.05, 0) is 36.2 Å². The van der Waals surface area contributed by atoms with Gasteiger partial charge in [0, 0.05) is 11.1 Å². The molecule has 19 heavy (non-hydrogen) atoms. The van der Waals surface area contributed by atoms with Crippen LogP contribution in [0.25, 0.3) is 0 Å². The van der Waals surface area contributed by atoms with Crippen molar-refractivity contribution in [3.05, 3.63) is 58.5 Å². The molecule has 0 aliphatic rings. The summed E-state index contributed by atoms with van der Waals surface area (Å²) in [5, 5.41) is 13.1. The monoisotopic (exact) mass is 279 g/mol. The summed E-state index contributed by atoms with van der Waals surface area (Å²) in [5.74, 6) is 1.41. The Balaban J connectivity index is 1.99. The molecule has 1 heterocycles. The molecule has 2 N–H and O–H groups in total. The molecule has 2 aromatic rings. The lowest BCUT2D eigenvalue weighted by Gasteiger charge is -2.17. The third-order valence-corrected chi connectivity index (χ3v) is 3.29. The van der Waals surface area contributed by atoms with Gasteiger partial charge < -0.3 is 14.8 Å². The Bertz CT molecular complexity index is 524. The first-order valence-corrected chi connectivity index (χ1v) is 6.78. The molecule has 0 radical (unpaired) electrons. The molecule has 0 spiro atoms. The Morgan fingerprint density at radius 1 is 1.26 bits per heavy atom. The summed E-state index contributed by atoms with van der Waals surface area (Å²) in [6.45, 7) is 2.69. The second-order valence-corrected chi connectivity index (χ2v) is 4.86. The van der Waals surface area contributed by atoms with Crippen LogP contribution in [0.15, 0.2) is 40.8 Å². The van der Waals surface area contributed by atoms with Crippen LogP contribution in [-0.4, -0.2) is 5.11 Å². The van der Waals surface area contributed by atoms with Crippen molar-refractivity contribution in [3.8, 4) is 0 Å². The maximum atomic E-state index is 8.95. The van der Waals surface area contributed by atoms with Crippen molar-refractivity contribution in [1.29, 1.82) is 0 Å². The van der Waals surface area contributed by atoms with E-state index in [9.17, 15) is 0 Å². The fourth-order valence-electron chi connectivity index (χ4n) is 2.05. The van der Waals surface area contributed by atoms with Crippen LogP contribution in [0, 0.1) is 0 Å². The first kappa shape index (κ1) is 14.1. The van der Waals surface area contributed by atoms with E-state index in [1.807, 2.05) is 24.3 Å². The number of aliphatic hydroxyl groups excluding tert-OH is 1. The largest absolute Gasteiger partial charge is 0.462 e. The van der Waals surface area contributed by atoms with Gasteiger partial charge >= 0.3 is 0 Å². The summed E-state index contributed by atoms with van der Waals surface area (Å²) >= 11 is 6.01. The molecule has 0 aliphatic heterocycles. The number of benzene rings is 1. The number of aliphatic hydroxyl groups is 1. The molecule has 0 bridgehead atoms. The molecule has 1 aromatic heterocycles. The third kappa shape index (κ3) is 3.83. The predicted octanol–water partition coefficient (Wildman–Crippen LogP) is 3.67. The topological polar surface area (TPSA) is 45.4 Å². The molecule has 1 unspecified atom stereocenters. The Morgan fingerprint density at radius 3 is 2.68 bits per heavy atom. The van der Waals surface area contributed by atoms with E-state index in [4.69, 9.17) is 21.1 Å². The molecular formula is C15H18ClNO2. The second-order valence-electron chi connectivity index (χ2n) is 4.42. The van der Waals surface area contributed by atoms with Crippen LogP contribution >= 0.6 is 11.6 Å². The van der Waals surface area contributed by atoms with E-state index >= 15 is 0 Å². The Morgan fingerprint density at radius 2 is 2.05 bits per heavy atom. The van der Waals surface area contributed by atoms with Gasteiger partial charge in [-0.15, -0.1) is 0 Å². The first-order chi connectivity index (χ1) is 9.22. The number of rotatable bonds is 6. The van der Waals surface area contributed by atoms with Crippen LogP contribution in [0.5, 0.6) is 0 Å². The van der Waals surface area contributed by atoms with Crippen LogP contribution in [0.3, 0.4) is 0 Å². The molecule has 0 saturated carbocycles. The highest BCUT2D eigenvalue weighted by Gasteiger charge is 2.10. The van der Waals surface area contributed by atoms with E-state index < -0.39 is 0 Å². The molecule has 0 saturated heterocycles. The van der Waals surface area contributed by atoms with Gasteiger partial charge in [-0.3, -0.25) is 0 Å². The number of hydrogen-bond donors (Lipinski definition) is 2. The van der Waals surface area contributed by atoms with Crippen molar-refractivity contribution in [2.45, 2.75) is 32.5 Å². The molecule has 1 atom stereocenters. The van der Waals surface area contributed by atoms with Crippen molar-refractivity contribution >= 4 is 11.6 Å². The minimum atomic E-state index is -0.0640. The molecule has 3 nitrogen and oxygen atoms in total. The van der Waals surface area contributed by atoms with Gasteiger partial charge in [0.2, 0.25) is 0 Å². The van der Waals surface area contributed by atoms with Gasteiger partial charge in [0.15, 0.2) is 0 Å². The van der Waals surface area contributed by atoms with Crippen molar-refractivity contribution < 1.29 is 9.52 Å².